The van der Waals surface area contributed by atoms with Gasteiger partial charge in [0, 0.05) is 0 Å². The molecule has 7 heavy (non-hydrogen) atoms. The van der Waals surface area contributed by atoms with Gasteiger partial charge < -0.3 is 0 Å². The van der Waals surface area contributed by atoms with Crippen molar-refractivity contribution >= 4 is 95.1 Å². The van der Waals surface area contributed by atoms with E-state index in [0.717, 1.165) is 0 Å². The van der Waals surface area contributed by atoms with Gasteiger partial charge in [-0.05, 0) is 0 Å². The van der Waals surface area contributed by atoms with Crippen LogP contribution in [0.1, 0.15) is 0 Å². The Balaban J connectivity index is -0.0000000480. The van der Waals surface area contributed by atoms with E-state index in [1.165, 1.54) is 5.48 Å². The van der Waals surface area contributed by atoms with Gasteiger partial charge in [-0.2, -0.15) is 0 Å². The Morgan fingerprint density at radius 3 is 1.86 bits per heavy atom. The van der Waals surface area contributed by atoms with Crippen LogP contribution in [0.3, 0.4) is 0 Å². The van der Waals surface area contributed by atoms with Gasteiger partial charge in [-0.3, -0.25) is 10.0 Å². The number of halogens is 1. The van der Waals surface area contributed by atoms with Crippen molar-refractivity contribution < 1.29 is 10.0 Å². The van der Waals surface area contributed by atoms with E-state index < -0.39 is 0 Å². The van der Waals surface area contributed by atoms with E-state index in [1.54, 1.807) is 0 Å². The molecule has 0 radical (unpaired) electrons. The molecular formula is CH5CaClKNO2. The average Bonchev–Trinajstić information content (AvgIpc) is 1.72. The predicted molar refractivity (Wildman–Crippen MR) is 31.1 cm³/mol. The van der Waals surface area contributed by atoms with Crippen LogP contribution in [0.25, 0.3) is 0 Å². The van der Waals surface area contributed by atoms with Crippen molar-refractivity contribution in [1.82, 2.24) is 5.48 Å². The van der Waals surface area contributed by atoms with Gasteiger partial charge in [-0.1, -0.05) is 0 Å². The SMILES string of the molecule is O=CNO.[CaH2].[Cl][K]. The fourth-order valence-corrected chi connectivity index (χ4v) is 0. The molecule has 0 saturated heterocycles. The van der Waals surface area contributed by atoms with Gasteiger partial charge >= 0.3 is 88.6 Å². The van der Waals surface area contributed by atoms with Crippen LogP contribution >= 0.6 is 3.76 Å². The number of hydrogen-bond acceptors (Lipinski definition) is 2. The van der Waals surface area contributed by atoms with Gasteiger partial charge in [0.15, 0.2) is 0 Å². The summed E-state index contributed by atoms with van der Waals surface area (Å²) in [5.74, 6) is 0. The molecule has 0 aliphatic rings. The van der Waals surface area contributed by atoms with Crippen molar-refractivity contribution in [3.05, 3.63) is 0 Å². The van der Waals surface area contributed by atoms with Crippen LogP contribution in [0, 0.1) is 0 Å². The minimum atomic E-state index is 0. The number of amides is 1. The zero-order valence-electron chi connectivity index (χ0n) is 3.31. The Hall–Kier alpha value is 2.62. The van der Waals surface area contributed by atoms with Gasteiger partial charge in [0.25, 0.3) is 0 Å². The van der Waals surface area contributed by atoms with Gasteiger partial charge in [0.05, 0.1) is 0 Å². The van der Waals surface area contributed by atoms with Crippen molar-refractivity contribution in [2.45, 2.75) is 0 Å². The monoisotopic (exact) mass is 177 g/mol. The molecule has 0 unspecified atom stereocenters. The molecular weight excluding hydrogens is 173 g/mol. The molecule has 0 bridgehead atoms. The number of hydrogen-bond donors (Lipinski definition) is 2. The van der Waals surface area contributed by atoms with Crippen molar-refractivity contribution in [3.8, 4) is 0 Å². The Labute approximate surface area is 108 Å². The average molecular weight is 178 g/mol. The zero-order chi connectivity index (χ0) is 5.41. The third-order valence-corrected chi connectivity index (χ3v) is 0.0527. The van der Waals surface area contributed by atoms with Gasteiger partial charge in [0.1, 0.15) is 0 Å². The molecule has 0 heterocycles. The van der Waals surface area contributed by atoms with E-state index in [0.29, 0.717) is 47.1 Å². The van der Waals surface area contributed by atoms with Gasteiger partial charge in [-0.25, -0.2) is 5.48 Å². The van der Waals surface area contributed by atoms with Crippen LogP contribution in [0.15, 0.2) is 0 Å². The normalized spacial score (nSPS) is 4.00. The van der Waals surface area contributed by atoms with Crippen molar-refractivity contribution in [2.24, 2.45) is 0 Å². The molecule has 36 valence electrons. The minimum absolute atomic E-state index is 0. The number of carbonyl (C=O) groups excluding carboxylic acids is 1. The molecule has 0 aliphatic carbocycles. The number of hydroxylamine groups is 1. The maximum absolute atomic E-state index is 8.81. The van der Waals surface area contributed by atoms with Crippen LogP contribution in [0.2, 0.25) is 0 Å². The second kappa shape index (κ2) is 23.5. The van der Waals surface area contributed by atoms with Crippen LogP contribution in [0.5, 0.6) is 0 Å². The fraction of sp³-hybridized carbons (Fsp3) is 0. The zero-order valence-corrected chi connectivity index (χ0v) is 7.19. The Bertz CT molecular complexity index is 31.7. The Morgan fingerprint density at radius 2 is 1.86 bits per heavy atom. The molecule has 1 amide bonds. The van der Waals surface area contributed by atoms with E-state index in [2.05, 4.69) is 0 Å². The molecule has 3 nitrogen and oxygen atoms in total. The molecule has 0 rings (SSSR count). The maximum atomic E-state index is 8.81. The molecule has 0 aromatic heterocycles. The summed E-state index contributed by atoms with van der Waals surface area (Å²) >= 11 is 0.535. The molecule has 0 aliphatic heterocycles. The molecule has 0 aromatic carbocycles. The summed E-state index contributed by atoms with van der Waals surface area (Å²) < 4.78 is 4.83. The molecule has 0 saturated carbocycles. The quantitative estimate of drug-likeness (QED) is 0.222. The fourth-order valence-electron chi connectivity index (χ4n) is 0. The van der Waals surface area contributed by atoms with E-state index >= 15 is 0 Å². The first-order valence-electron chi connectivity index (χ1n) is 1.13. The van der Waals surface area contributed by atoms with Gasteiger partial charge in [-0.15, -0.1) is 0 Å². The van der Waals surface area contributed by atoms with Crippen molar-refractivity contribution in [1.29, 1.82) is 0 Å². The second-order valence-corrected chi connectivity index (χ2v) is 0.247. The van der Waals surface area contributed by atoms with E-state index in [9.17, 15) is 0 Å². The van der Waals surface area contributed by atoms with Crippen molar-refractivity contribution in [2.75, 3.05) is 0 Å². The summed E-state index contributed by atoms with van der Waals surface area (Å²) in [5, 5.41) is 7.26. The van der Waals surface area contributed by atoms with Crippen LogP contribution in [0.4, 0.5) is 0 Å². The number of rotatable bonds is 1. The summed E-state index contributed by atoms with van der Waals surface area (Å²) in [4.78, 5) is 8.81. The number of carbonyl (C=O) groups is 1. The summed E-state index contributed by atoms with van der Waals surface area (Å²) in [7, 11) is 0. The third kappa shape index (κ3) is 28.8. The standard InChI is InChI=1S/CH3NO2.Ca.ClH.K.2H/c3-1-2-4;;;;;/h1,4H,(H,2,3);;1H;;;/q;;;+1;;/p-1. The summed E-state index contributed by atoms with van der Waals surface area (Å²) in [5.41, 5.74) is 1.25. The van der Waals surface area contributed by atoms with E-state index in [-0.39, 0.29) is 44.1 Å². The third-order valence-electron chi connectivity index (χ3n) is 0.0527. The molecule has 0 atom stereocenters. The Morgan fingerprint density at radius 1 is 1.71 bits per heavy atom. The first kappa shape index (κ1) is 16.3. The first-order chi connectivity index (χ1) is 2.91. The molecule has 0 spiro atoms. The van der Waals surface area contributed by atoms with Crippen molar-refractivity contribution in [3.63, 3.8) is 0 Å². The van der Waals surface area contributed by atoms with Crippen LogP contribution in [-0.4, -0.2) is 96.5 Å². The number of nitrogens with one attached hydrogen (secondary N) is 1. The predicted octanol–water partition coefficient (Wildman–Crippen LogP) is -1.49. The molecule has 0 fully saturated rings. The van der Waals surface area contributed by atoms with Crippen LogP contribution in [-0.2, 0) is 4.79 Å². The molecule has 6 heteroatoms. The summed E-state index contributed by atoms with van der Waals surface area (Å²) in [6, 6.07) is 0. The Kier molecular flexibility index (Phi) is 54.6. The molecule has 2 N–H and O–H groups in total. The summed E-state index contributed by atoms with van der Waals surface area (Å²) in [6.45, 7) is 0. The molecule has 0 aromatic rings. The first-order valence-corrected chi connectivity index (χ1v) is 5.42. The van der Waals surface area contributed by atoms with E-state index in [1.807, 2.05) is 0 Å². The summed E-state index contributed by atoms with van der Waals surface area (Å²) in [6.07, 6.45) is 0.181. The van der Waals surface area contributed by atoms with Gasteiger partial charge in [0.2, 0.25) is 6.41 Å². The van der Waals surface area contributed by atoms with E-state index in [4.69, 9.17) is 13.8 Å². The topological polar surface area (TPSA) is 49.3 Å². The van der Waals surface area contributed by atoms with Crippen LogP contribution < -0.4 is 5.48 Å². The second-order valence-electron chi connectivity index (χ2n) is 0.247.